The van der Waals surface area contributed by atoms with Crippen molar-refractivity contribution in [1.29, 1.82) is 5.41 Å². The fraction of sp³-hybridized carbons (Fsp3) is 0.348. The van der Waals surface area contributed by atoms with Crippen LogP contribution in [0.15, 0.2) is 47.4 Å². The first-order chi connectivity index (χ1) is 16.1. The topological polar surface area (TPSA) is 154 Å². The molecule has 0 amide bonds. The number of aromatic nitrogens is 2. The first-order valence-corrected chi connectivity index (χ1v) is 12.3. The van der Waals surface area contributed by atoms with Crippen molar-refractivity contribution in [3.05, 3.63) is 59.4 Å². The summed E-state index contributed by atoms with van der Waals surface area (Å²) in [5, 5.41) is 16.6. The van der Waals surface area contributed by atoms with Crippen LogP contribution in [0.5, 0.6) is 0 Å². The largest absolute Gasteiger partial charge is 0.481 e. The van der Waals surface area contributed by atoms with Gasteiger partial charge in [0.1, 0.15) is 11.7 Å². The minimum atomic E-state index is -3.69. The van der Waals surface area contributed by atoms with E-state index in [-0.39, 0.29) is 17.2 Å². The number of fused-ring (bicyclic) bond motifs is 1. The smallest absolute Gasteiger partial charge is 0.303 e. The van der Waals surface area contributed by atoms with Gasteiger partial charge in [-0.2, -0.15) is 0 Å². The lowest BCUT2D eigenvalue weighted by Crippen LogP contribution is -2.31. The summed E-state index contributed by atoms with van der Waals surface area (Å²) < 4.78 is 30.0. The van der Waals surface area contributed by atoms with Gasteiger partial charge in [-0.05, 0) is 44.3 Å². The van der Waals surface area contributed by atoms with Crippen LogP contribution in [0.1, 0.15) is 29.8 Å². The Balaban J connectivity index is 1.93. The Morgan fingerprint density at radius 3 is 2.53 bits per heavy atom. The Kier molecular flexibility index (Phi) is 8.02. The lowest BCUT2D eigenvalue weighted by atomic mass is 10.1. The van der Waals surface area contributed by atoms with Gasteiger partial charge in [0.05, 0.1) is 15.9 Å². The lowest BCUT2D eigenvalue weighted by Gasteiger charge is -2.11. The minimum absolute atomic E-state index is 0.0135. The van der Waals surface area contributed by atoms with E-state index in [1.807, 2.05) is 35.7 Å². The maximum atomic E-state index is 12.7. The Bertz CT molecular complexity index is 1280. The molecule has 2 aromatic carbocycles. The number of carboxylic acids is 1. The van der Waals surface area contributed by atoms with E-state index in [1.54, 1.807) is 30.3 Å². The average Bonchev–Trinajstić information content (AvgIpc) is 3.09. The number of carboxylic acid groups (broad SMARTS) is 1. The zero-order valence-electron chi connectivity index (χ0n) is 19.3. The van der Waals surface area contributed by atoms with Crippen LogP contribution in [0.25, 0.3) is 11.0 Å². The molecule has 0 unspecified atom stereocenters. The molecule has 0 aliphatic rings. The van der Waals surface area contributed by atoms with Crippen LogP contribution >= 0.6 is 0 Å². The van der Waals surface area contributed by atoms with Crippen LogP contribution in [-0.2, 0) is 27.8 Å². The summed E-state index contributed by atoms with van der Waals surface area (Å²) in [6.07, 6.45) is 0.904. The van der Waals surface area contributed by atoms with Gasteiger partial charge in [-0.25, -0.2) is 18.1 Å². The van der Waals surface area contributed by atoms with Crippen molar-refractivity contribution in [3.63, 3.8) is 0 Å². The summed E-state index contributed by atoms with van der Waals surface area (Å²) in [5.74, 6) is -0.186. The highest BCUT2D eigenvalue weighted by atomic mass is 32.2. The number of amidine groups is 1. The molecule has 10 nitrogen and oxygen atoms in total. The van der Waals surface area contributed by atoms with Gasteiger partial charge in [0.25, 0.3) is 0 Å². The van der Waals surface area contributed by atoms with Gasteiger partial charge in [-0.15, -0.1) is 0 Å². The van der Waals surface area contributed by atoms with E-state index in [2.05, 4.69) is 4.72 Å². The molecule has 0 atom stereocenters. The van der Waals surface area contributed by atoms with Gasteiger partial charge >= 0.3 is 5.97 Å². The zero-order valence-corrected chi connectivity index (χ0v) is 20.1. The molecule has 1 heterocycles. The number of rotatable bonds is 12. The molecule has 0 saturated carbocycles. The maximum absolute atomic E-state index is 12.7. The SMILES string of the molecule is CN(C)CCNS(=O)(=O)c1ccc2c(c1)nc(Cc1ccc(C(=N)N)cc1)n2CCCC(=O)O. The summed E-state index contributed by atoms with van der Waals surface area (Å²) in [7, 11) is 0.0486. The number of nitrogens with two attached hydrogens (primary N) is 1. The molecular weight excluding hydrogens is 456 g/mol. The molecule has 0 fully saturated rings. The van der Waals surface area contributed by atoms with E-state index in [1.165, 1.54) is 0 Å². The fourth-order valence-corrected chi connectivity index (χ4v) is 4.61. The molecule has 5 N–H and O–H groups in total. The molecule has 0 saturated heterocycles. The van der Waals surface area contributed by atoms with Crippen LogP contribution in [0.4, 0.5) is 0 Å². The van der Waals surface area contributed by atoms with Crippen LogP contribution < -0.4 is 10.5 Å². The van der Waals surface area contributed by atoms with Crippen molar-refractivity contribution in [2.75, 3.05) is 27.2 Å². The average molecular weight is 487 g/mol. The van der Waals surface area contributed by atoms with Gasteiger partial charge < -0.3 is 20.3 Å². The van der Waals surface area contributed by atoms with Crippen molar-refractivity contribution in [2.45, 2.75) is 30.7 Å². The number of nitrogen functional groups attached to an aromatic ring is 1. The van der Waals surface area contributed by atoms with Gasteiger partial charge in [0.15, 0.2) is 0 Å². The number of hydrogen-bond donors (Lipinski definition) is 4. The molecule has 0 aliphatic heterocycles. The number of imidazole rings is 1. The summed E-state index contributed by atoms with van der Waals surface area (Å²) in [6, 6.07) is 12.1. The molecule has 0 radical (unpaired) electrons. The van der Waals surface area contributed by atoms with Gasteiger partial charge in [0.2, 0.25) is 10.0 Å². The number of hydrogen-bond acceptors (Lipinski definition) is 6. The third-order valence-electron chi connectivity index (χ3n) is 5.36. The van der Waals surface area contributed by atoms with Crippen molar-refractivity contribution < 1.29 is 18.3 Å². The van der Waals surface area contributed by atoms with E-state index < -0.39 is 16.0 Å². The van der Waals surface area contributed by atoms with Crippen molar-refractivity contribution in [2.24, 2.45) is 5.73 Å². The van der Waals surface area contributed by atoms with E-state index >= 15 is 0 Å². The number of sulfonamides is 1. The highest BCUT2D eigenvalue weighted by Crippen LogP contribution is 2.23. The molecule has 182 valence electrons. The number of carbonyl (C=O) groups is 1. The number of nitrogens with zero attached hydrogens (tertiary/aromatic N) is 3. The molecule has 0 aliphatic carbocycles. The van der Waals surface area contributed by atoms with Gasteiger partial charge in [0, 0.05) is 38.0 Å². The third kappa shape index (κ3) is 6.40. The Hall–Kier alpha value is -3.28. The first kappa shape index (κ1) is 25.3. The Morgan fingerprint density at radius 1 is 1.21 bits per heavy atom. The molecule has 3 aromatic rings. The minimum Gasteiger partial charge on any atom is -0.481 e. The second-order valence-electron chi connectivity index (χ2n) is 8.32. The van der Waals surface area contributed by atoms with Crippen LogP contribution in [0.2, 0.25) is 0 Å². The molecule has 0 bridgehead atoms. The summed E-state index contributed by atoms with van der Waals surface area (Å²) in [4.78, 5) is 17.7. The highest BCUT2D eigenvalue weighted by Gasteiger charge is 2.18. The Labute approximate surface area is 199 Å². The normalized spacial score (nSPS) is 11.9. The predicted octanol–water partition coefficient (Wildman–Crippen LogP) is 1.62. The van der Waals surface area contributed by atoms with Crippen molar-refractivity contribution in [1.82, 2.24) is 19.2 Å². The summed E-state index contributed by atoms with van der Waals surface area (Å²) in [5.41, 5.74) is 8.36. The molecule has 1 aromatic heterocycles. The first-order valence-electron chi connectivity index (χ1n) is 10.9. The number of benzene rings is 2. The summed E-state index contributed by atoms with van der Waals surface area (Å²) >= 11 is 0. The van der Waals surface area contributed by atoms with E-state index in [0.29, 0.717) is 49.4 Å². The number of nitrogens with one attached hydrogen (secondary N) is 2. The monoisotopic (exact) mass is 486 g/mol. The van der Waals surface area contributed by atoms with Gasteiger partial charge in [-0.1, -0.05) is 24.3 Å². The van der Waals surface area contributed by atoms with Crippen LogP contribution in [0.3, 0.4) is 0 Å². The predicted molar refractivity (Wildman–Crippen MR) is 131 cm³/mol. The highest BCUT2D eigenvalue weighted by molar-refractivity contribution is 7.89. The third-order valence-corrected chi connectivity index (χ3v) is 6.82. The fourth-order valence-electron chi connectivity index (χ4n) is 3.57. The zero-order chi connectivity index (χ0) is 24.9. The Morgan fingerprint density at radius 2 is 1.91 bits per heavy atom. The van der Waals surface area contributed by atoms with E-state index in [9.17, 15) is 13.2 Å². The molecule has 3 rings (SSSR count). The van der Waals surface area contributed by atoms with Crippen molar-refractivity contribution in [3.8, 4) is 0 Å². The molecule has 34 heavy (non-hydrogen) atoms. The van der Waals surface area contributed by atoms with Crippen molar-refractivity contribution >= 4 is 32.9 Å². The molecular formula is C23H30N6O4S. The second kappa shape index (κ2) is 10.8. The van der Waals surface area contributed by atoms with Crippen LogP contribution in [0, 0.1) is 5.41 Å². The van der Waals surface area contributed by atoms with Crippen LogP contribution in [-0.4, -0.2) is 67.0 Å². The molecule has 11 heteroatoms. The van der Waals surface area contributed by atoms with E-state index in [0.717, 1.165) is 11.1 Å². The summed E-state index contributed by atoms with van der Waals surface area (Å²) in [6.45, 7) is 1.31. The quantitative estimate of drug-likeness (QED) is 0.224. The lowest BCUT2D eigenvalue weighted by molar-refractivity contribution is -0.137. The van der Waals surface area contributed by atoms with E-state index in [4.69, 9.17) is 21.2 Å². The number of aliphatic carboxylic acids is 1. The maximum Gasteiger partial charge on any atom is 0.303 e. The van der Waals surface area contributed by atoms with Gasteiger partial charge in [-0.3, -0.25) is 10.2 Å². The second-order valence-corrected chi connectivity index (χ2v) is 10.1. The number of likely N-dealkylation sites (N-methyl/N-ethyl adjacent to an activating group) is 1. The number of aryl methyl sites for hydroxylation is 1. The standard InChI is InChI=1S/C23H30N6O4S/c1-28(2)13-11-26-34(32,33)18-9-10-20-19(15-18)27-21(29(20)12-3-4-22(30)31)14-16-5-7-17(8-6-16)23(24)25/h5-10,15,26H,3-4,11-14H2,1-2H3,(H3,24,25)(H,30,31). The molecule has 0 spiro atoms.